The molecule has 0 aliphatic carbocycles. The van der Waals surface area contributed by atoms with Crippen molar-refractivity contribution in [2.24, 2.45) is 29.0 Å². The van der Waals surface area contributed by atoms with Crippen molar-refractivity contribution in [3.63, 3.8) is 0 Å². The van der Waals surface area contributed by atoms with E-state index in [1.807, 2.05) is 30.6 Å². The summed E-state index contributed by atoms with van der Waals surface area (Å²) in [5, 5.41) is 21.3. The number of carbonyl (C=O) groups is 5. The van der Waals surface area contributed by atoms with Gasteiger partial charge >= 0.3 is 12.1 Å². The number of aromatic nitrogens is 4. The predicted molar refractivity (Wildman–Crippen MR) is 293 cm³/mol. The van der Waals surface area contributed by atoms with E-state index in [0.29, 0.717) is 62.0 Å². The molecule has 8 rings (SSSR count). The molecular formula is C51H72N14O11S2. The number of carboxylic acid groups (broad SMARTS) is 1. The van der Waals surface area contributed by atoms with Crippen molar-refractivity contribution in [3.05, 3.63) is 72.3 Å². The Morgan fingerprint density at radius 1 is 0.667 bits per heavy atom. The van der Waals surface area contributed by atoms with Crippen molar-refractivity contribution < 1.29 is 50.7 Å². The zero-order valence-corrected chi connectivity index (χ0v) is 46.2. The maximum Gasteiger partial charge on any atom is 0.410 e. The van der Waals surface area contributed by atoms with Gasteiger partial charge in [-0.25, -0.2) is 41.6 Å². The quantitative estimate of drug-likeness (QED) is 0.0953. The summed E-state index contributed by atoms with van der Waals surface area (Å²) in [7, 11) is -6.62. The SMILES string of the molecule is CC(C)(C)OC(=O)N1CCC(C(=O)O)CC1.CS(=O)(=O)c1ccc(Nc2nc(N3CCCC(N)C3)cnc2C(N)=O)cc1.CS(=O)(=O)c1ccc(Nc2nc(N3CCCC(NC(=O)C4CCNCC4)C3)cnc2C(N)=O)cc1. The molecular weight excluding hydrogens is 1050 g/mol. The first-order chi connectivity index (χ1) is 36.7. The second kappa shape index (κ2) is 26.4. The number of likely N-dealkylation sites (tertiary alicyclic amines) is 1. The average Bonchev–Trinajstić information content (AvgIpc) is 3.40. The van der Waals surface area contributed by atoms with Gasteiger partial charge in [0.2, 0.25) is 5.91 Å². The molecule has 424 valence electrons. The molecule has 25 nitrogen and oxygen atoms in total. The Labute approximate surface area is 454 Å². The second-order valence-electron chi connectivity index (χ2n) is 20.7. The summed E-state index contributed by atoms with van der Waals surface area (Å²) in [5.41, 5.74) is 17.5. The van der Waals surface area contributed by atoms with Crippen molar-refractivity contribution in [2.45, 2.75) is 99.6 Å². The number of hydrogen-bond acceptors (Lipinski definition) is 20. The highest BCUT2D eigenvalue weighted by Gasteiger charge is 2.31. The highest BCUT2D eigenvalue weighted by Crippen LogP contribution is 2.27. The van der Waals surface area contributed by atoms with E-state index in [4.69, 9.17) is 27.0 Å². The number of piperidine rings is 4. The number of ether oxygens (including phenoxy) is 1. The average molecular weight is 1120 g/mol. The number of rotatable bonds is 13. The molecule has 4 aliphatic rings. The Hall–Kier alpha value is -7.23. The van der Waals surface area contributed by atoms with Crippen LogP contribution in [0.15, 0.2) is 70.7 Å². The summed E-state index contributed by atoms with van der Waals surface area (Å²) in [5.74, 6) is -0.822. The molecule has 0 spiro atoms. The number of benzene rings is 2. The predicted octanol–water partition coefficient (Wildman–Crippen LogP) is 3.18. The van der Waals surface area contributed by atoms with Crippen LogP contribution in [0, 0.1) is 11.8 Å². The highest BCUT2D eigenvalue weighted by molar-refractivity contribution is 7.91. The van der Waals surface area contributed by atoms with Crippen LogP contribution in [0.25, 0.3) is 0 Å². The molecule has 2 unspecified atom stereocenters. The number of primary amides is 2. The third-order valence-corrected chi connectivity index (χ3v) is 15.4. The van der Waals surface area contributed by atoms with Crippen LogP contribution < -0.4 is 48.3 Å². The molecule has 0 bridgehead atoms. The topological polar surface area (TPSA) is 371 Å². The van der Waals surface area contributed by atoms with Crippen LogP contribution in [-0.2, 0) is 34.0 Å². The van der Waals surface area contributed by atoms with Crippen molar-refractivity contribution in [1.29, 1.82) is 0 Å². The highest BCUT2D eigenvalue weighted by atomic mass is 32.2. The first kappa shape index (κ1) is 60.0. The van der Waals surface area contributed by atoms with Crippen molar-refractivity contribution in [1.82, 2.24) is 35.5 Å². The number of sulfone groups is 2. The Morgan fingerprint density at radius 3 is 1.55 bits per heavy atom. The maximum absolute atomic E-state index is 12.7. The zero-order valence-electron chi connectivity index (χ0n) is 44.6. The number of anilines is 6. The number of amides is 4. The van der Waals surface area contributed by atoms with Crippen LogP contribution in [0.4, 0.5) is 39.4 Å². The fourth-order valence-electron chi connectivity index (χ4n) is 9.00. The fourth-order valence-corrected chi connectivity index (χ4v) is 10.3. The third kappa shape index (κ3) is 17.7. The molecule has 27 heteroatoms. The number of nitrogens with zero attached hydrogens (tertiary/aromatic N) is 7. The van der Waals surface area contributed by atoms with E-state index in [2.05, 4.69) is 41.2 Å². The van der Waals surface area contributed by atoms with Crippen molar-refractivity contribution >= 4 is 84.1 Å². The number of carboxylic acids is 1. The largest absolute Gasteiger partial charge is 0.481 e. The Balaban J connectivity index is 0.000000203. The van der Waals surface area contributed by atoms with Gasteiger partial charge in [0.15, 0.2) is 42.7 Å². The summed E-state index contributed by atoms with van der Waals surface area (Å²) in [4.78, 5) is 82.2. The Morgan fingerprint density at radius 2 is 1.13 bits per heavy atom. The van der Waals surface area contributed by atoms with Crippen LogP contribution in [0.3, 0.4) is 0 Å². The number of nitrogens with two attached hydrogens (primary N) is 3. The number of hydrogen-bond donors (Lipinski definition) is 8. The van der Waals surface area contributed by atoms with Crippen LogP contribution >= 0.6 is 0 Å². The first-order valence-electron chi connectivity index (χ1n) is 25.7. The molecule has 2 aromatic heterocycles. The van der Waals surface area contributed by atoms with Gasteiger partial charge in [-0.15, -0.1) is 0 Å². The summed E-state index contributed by atoms with van der Waals surface area (Å²) in [6.07, 6.45) is 11.3. The molecule has 0 radical (unpaired) electrons. The van der Waals surface area contributed by atoms with Gasteiger partial charge in [-0.2, -0.15) is 0 Å². The van der Waals surface area contributed by atoms with Gasteiger partial charge in [0.1, 0.15) is 17.2 Å². The van der Waals surface area contributed by atoms with E-state index in [0.717, 1.165) is 77.2 Å². The fraction of sp³-hybridized carbons (Fsp3) is 0.510. The maximum atomic E-state index is 12.7. The molecule has 2 aromatic carbocycles. The van der Waals surface area contributed by atoms with Gasteiger partial charge in [-0.05, 0) is 134 Å². The Kier molecular flexibility index (Phi) is 20.3. The minimum Gasteiger partial charge on any atom is -0.481 e. The van der Waals surface area contributed by atoms with E-state index < -0.39 is 43.1 Å². The molecule has 11 N–H and O–H groups in total. The van der Waals surface area contributed by atoms with Crippen LogP contribution in [-0.4, -0.2) is 159 Å². The lowest BCUT2D eigenvalue weighted by molar-refractivity contribution is -0.143. The van der Waals surface area contributed by atoms with E-state index in [1.165, 1.54) is 36.7 Å². The smallest absolute Gasteiger partial charge is 0.410 e. The summed E-state index contributed by atoms with van der Waals surface area (Å²) >= 11 is 0. The van der Waals surface area contributed by atoms with Gasteiger partial charge in [0.05, 0.1) is 28.1 Å². The van der Waals surface area contributed by atoms with Crippen molar-refractivity contribution in [3.8, 4) is 0 Å². The van der Waals surface area contributed by atoms with Crippen LogP contribution in [0.1, 0.15) is 93.1 Å². The lowest BCUT2D eigenvalue weighted by Crippen LogP contribution is -2.50. The monoisotopic (exact) mass is 1120 g/mol. The Bertz CT molecular complexity index is 2990. The molecule has 4 amide bonds. The van der Waals surface area contributed by atoms with Crippen LogP contribution in [0.5, 0.6) is 0 Å². The molecule has 4 fully saturated rings. The van der Waals surface area contributed by atoms with Gasteiger partial charge in [-0.1, -0.05) is 0 Å². The molecule has 0 saturated carbocycles. The normalized spacial score (nSPS) is 18.5. The standard InChI is InChI=1S/C23H31N7O4S.C17H22N6O3S.C11H19NO4/c1-35(33,34)18-6-4-16(5-7-18)27-22-20(21(24)31)26-13-19(29-22)30-12-2-3-17(14-30)28-23(32)15-8-10-25-11-9-15;1-27(25,26)13-6-4-12(5-7-13)21-17-15(16(19)24)20-9-14(22-17)23-8-2-3-11(18)10-23;1-11(2,3)16-10(15)12-6-4-8(5-7-12)9(13)14/h4-7,13,15,17,25H,2-3,8-12,14H2,1H3,(H2,24,31)(H,27,29)(H,28,32);4-7,9,11H,2-3,8,10,18H2,1H3,(H2,19,24)(H,21,22);8H,4-7H2,1-3H3,(H,13,14). The van der Waals surface area contributed by atoms with E-state index in [-0.39, 0.29) is 68.7 Å². The van der Waals surface area contributed by atoms with Crippen LogP contribution in [0.2, 0.25) is 0 Å². The minimum absolute atomic E-state index is 0.00343. The van der Waals surface area contributed by atoms with Crippen molar-refractivity contribution in [2.75, 3.05) is 85.3 Å². The van der Waals surface area contributed by atoms with Gasteiger partial charge in [0, 0.05) is 81.2 Å². The molecule has 78 heavy (non-hydrogen) atoms. The first-order valence-corrected chi connectivity index (χ1v) is 29.5. The minimum atomic E-state index is -3.33. The lowest BCUT2D eigenvalue weighted by Gasteiger charge is -2.35. The van der Waals surface area contributed by atoms with Gasteiger partial charge in [0.25, 0.3) is 11.8 Å². The summed E-state index contributed by atoms with van der Waals surface area (Å²) in [6, 6.07) is 12.3. The third-order valence-electron chi connectivity index (χ3n) is 13.2. The second-order valence-corrected chi connectivity index (χ2v) is 24.7. The summed E-state index contributed by atoms with van der Waals surface area (Å²) < 4.78 is 51.8. The molecule has 2 atom stereocenters. The molecule has 4 aliphatic heterocycles. The zero-order chi connectivity index (χ0) is 57.0. The molecule has 6 heterocycles. The summed E-state index contributed by atoms with van der Waals surface area (Å²) in [6.45, 7) is 10.9. The van der Waals surface area contributed by atoms with Gasteiger partial charge < -0.3 is 63.0 Å². The molecule has 4 saturated heterocycles. The van der Waals surface area contributed by atoms with E-state index in [9.17, 15) is 40.8 Å². The number of nitrogens with one attached hydrogen (secondary N) is 4. The number of aliphatic carboxylic acids is 1. The van der Waals surface area contributed by atoms with E-state index >= 15 is 0 Å². The lowest BCUT2D eigenvalue weighted by atomic mass is 9.96. The molecule has 4 aromatic rings. The van der Waals surface area contributed by atoms with E-state index in [1.54, 1.807) is 29.2 Å². The van der Waals surface area contributed by atoms with Gasteiger partial charge in [-0.3, -0.25) is 19.2 Å². The number of carbonyl (C=O) groups excluding carboxylic acids is 4.